The van der Waals surface area contributed by atoms with Crippen molar-refractivity contribution >= 4 is 6.16 Å². The zero-order valence-electron chi connectivity index (χ0n) is 8.62. The van der Waals surface area contributed by atoms with Crippen LogP contribution in [-0.4, -0.2) is 36.5 Å². The Morgan fingerprint density at radius 2 is 2.08 bits per heavy atom. The van der Waals surface area contributed by atoms with E-state index in [1.807, 2.05) is 14.1 Å². The number of unbranched alkanes of at least 4 members (excludes halogenated alkanes) is 1. The van der Waals surface area contributed by atoms with Gasteiger partial charge in [-0.25, -0.2) is 4.79 Å². The van der Waals surface area contributed by atoms with Crippen molar-refractivity contribution in [3.8, 4) is 0 Å². The van der Waals surface area contributed by atoms with Gasteiger partial charge in [-0.15, -0.1) is 0 Å². The SMILES string of the molecule is CCCCC(OC(=O)O)N(C)C.N. The third kappa shape index (κ3) is 7.55. The smallest absolute Gasteiger partial charge is 0.450 e. The number of carboxylic acid groups (broad SMARTS) is 1. The molecule has 0 rings (SSSR count). The van der Waals surface area contributed by atoms with E-state index in [1.165, 1.54) is 0 Å². The maximum Gasteiger partial charge on any atom is 0.507 e. The maximum absolute atomic E-state index is 10.2. The largest absolute Gasteiger partial charge is 0.507 e. The molecule has 0 aliphatic heterocycles. The summed E-state index contributed by atoms with van der Waals surface area (Å²) in [5.41, 5.74) is 0. The van der Waals surface area contributed by atoms with Gasteiger partial charge < -0.3 is 16.0 Å². The van der Waals surface area contributed by atoms with Crippen LogP contribution < -0.4 is 6.15 Å². The van der Waals surface area contributed by atoms with Gasteiger partial charge >= 0.3 is 6.16 Å². The maximum atomic E-state index is 10.2. The van der Waals surface area contributed by atoms with Crippen molar-refractivity contribution in [2.75, 3.05) is 14.1 Å². The van der Waals surface area contributed by atoms with Gasteiger partial charge in [0.2, 0.25) is 0 Å². The first-order valence-electron chi connectivity index (χ1n) is 4.14. The lowest BCUT2D eigenvalue weighted by molar-refractivity contribution is -0.0189. The van der Waals surface area contributed by atoms with Crippen LogP contribution in [0.5, 0.6) is 0 Å². The van der Waals surface area contributed by atoms with Crippen molar-refractivity contribution in [2.45, 2.75) is 32.4 Å². The van der Waals surface area contributed by atoms with E-state index in [2.05, 4.69) is 11.7 Å². The molecule has 0 fully saturated rings. The number of rotatable bonds is 5. The van der Waals surface area contributed by atoms with Crippen molar-refractivity contribution in [1.82, 2.24) is 11.1 Å². The van der Waals surface area contributed by atoms with Crippen molar-refractivity contribution in [3.05, 3.63) is 0 Å². The molecule has 0 aliphatic rings. The molecule has 1 atom stereocenters. The predicted molar refractivity (Wildman–Crippen MR) is 51.1 cm³/mol. The number of hydrogen-bond acceptors (Lipinski definition) is 4. The van der Waals surface area contributed by atoms with Crippen LogP contribution in [0, 0.1) is 0 Å². The summed E-state index contributed by atoms with van der Waals surface area (Å²) in [6.45, 7) is 2.06. The van der Waals surface area contributed by atoms with Crippen molar-refractivity contribution in [2.24, 2.45) is 0 Å². The van der Waals surface area contributed by atoms with Gasteiger partial charge in [-0.2, -0.15) is 0 Å². The molecule has 0 heterocycles. The van der Waals surface area contributed by atoms with Crippen LogP contribution in [0.25, 0.3) is 0 Å². The minimum atomic E-state index is -1.20. The Morgan fingerprint density at radius 3 is 2.38 bits per heavy atom. The second kappa shape index (κ2) is 7.82. The van der Waals surface area contributed by atoms with Gasteiger partial charge in [-0.05, 0) is 26.9 Å². The topological polar surface area (TPSA) is 84.8 Å². The molecule has 13 heavy (non-hydrogen) atoms. The molecular formula is C8H20N2O3. The van der Waals surface area contributed by atoms with E-state index >= 15 is 0 Å². The Labute approximate surface area is 79.3 Å². The summed E-state index contributed by atoms with van der Waals surface area (Å²) in [7, 11) is 3.62. The lowest BCUT2D eigenvalue weighted by Crippen LogP contribution is -2.32. The predicted octanol–water partition coefficient (Wildman–Crippen LogP) is 1.92. The molecule has 4 N–H and O–H groups in total. The molecule has 0 radical (unpaired) electrons. The van der Waals surface area contributed by atoms with Gasteiger partial charge in [0.05, 0.1) is 0 Å². The fourth-order valence-electron chi connectivity index (χ4n) is 0.918. The quantitative estimate of drug-likeness (QED) is 0.513. The van der Waals surface area contributed by atoms with Crippen molar-refractivity contribution in [3.63, 3.8) is 0 Å². The van der Waals surface area contributed by atoms with Crippen LogP contribution >= 0.6 is 0 Å². The van der Waals surface area contributed by atoms with Gasteiger partial charge in [0.25, 0.3) is 0 Å². The molecule has 1 unspecified atom stereocenters. The van der Waals surface area contributed by atoms with Gasteiger partial charge in [-0.1, -0.05) is 13.3 Å². The monoisotopic (exact) mass is 192 g/mol. The lowest BCUT2D eigenvalue weighted by Gasteiger charge is -2.22. The number of nitrogens with zero attached hydrogens (tertiary/aromatic N) is 1. The third-order valence-electron chi connectivity index (χ3n) is 1.62. The summed E-state index contributed by atoms with van der Waals surface area (Å²) in [6, 6.07) is 0. The van der Waals surface area contributed by atoms with Gasteiger partial charge in [0, 0.05) is 0 Å². The molecule has 0 aliphatic carbocycles. The zero-order valence-corrected chi connectivity index (χ0v) is 8.62. The van der Waals surface area contributed by atoms with Crippen molar-refractivity contribution in [1.29, 1.82) is 0 Å². The van der Waals surface area contributed by atoms with Crippen molar-refractivity contribution < 1.29 is 14.6 Å². The Morgan fingerprint density at radius 1 is 1.54 bits per heavy atom. The highest BCUT2D eigenvalue weighted by molar-refractivity contribution is 5.56. The molecule has 0 saturated heterocycles. The summed E-state index contributed by atoms with van der Waals surface area (Å²) in [6.07, 6.45) is 1.28. The van der Waals surface area contributed by atoms with E-state index in [0.29, 0.717) is 0 Å². The molecular weight excluding hydrogens is 172 g/mol. The molecule has 0 spiro atoms. The van der Waals surface area contributed by atoms with Gasteiger partial charge in [0.1, 0.15) is 0 Å². The van der Waals surface area contributed by atoms with Crippen LogP contribution in [-0.2, 0) is 4.74 Å². The highest BCUT2D eigenvalue weighted by Crippen LogP contribution is 2.06. The van der Waals surface area contributed by atoms with E-state index in [-0.39, 0.29) is 12.4 Å². The Bertz CT molecular complexity index is 139. The van der Waals surface area contributed by atoms with Gasteiger partial charge in [-0.3, -0.25) is 4.90 Å². The highest BCUT2D eigenvalue weighted by atomic mass is 16.7. The second-order valence-electron chi connectivity index (χ2n) is 2.94. The highest BCUT2D eigenvalue weighted by Gasteiger charge is 2.14. The standard InChI is InChI=1S/C8H17NO3.H3N/c1-4-5-6-7(9(2)3)12-8(10)11;/h7H,4-6H2,1-3H3,(H,10,11);1H3. The van der Waals surface area contributed by atoms with Crippen LogP contribution in [0.4, 0.5) is 4.79 Å². The molecule has 80 valence electrons. The molecule has 0 aromatic carbocycles. The summed E-state index contributed by atoms with van der Waals surface area (Å²) in [5, 5.41) is 8.38. The first-order valence-corrected chi connectivity index (χ1v) is 4.14. The van der Waals surface area contributed by atoms with Crippen LogP contribution in [0.1, 0.15) is 26.2 Å². The van der Waals surface area contributed by atoms with Crippen LogP contribution in [0.3, 0.4) is 0 Å². The Hall–Kier alpha value is -0.810. The van der Waals surface area contributed by atoms with E-state index in [4.69, 9.17) is 5.11 Å². The molecule has 0 aromatic rings. The summed E-state index contributed by atoms with van der Waals surface area (Å²) in [5.74, 6) is 0. The lowest BCUT2D eigenvalue weighted by atomic mass is 10.2. The van der Waals surface area contributed by atoms with Crippen LogP contribution in [0.2, 0.25) is 0 Å². The Kier molecular flexibility index (Phi) is 8.84. The average Bonchev–Trinajstić information content (AvgIpc) is 1.96. The van der Waals surface area contributed by atoms with E-state index in [1.54, 1.807) is 4.90 Å². The number of carbonyl (C=O) groups is 1. The molecule has 0 aromatic heterocycles. The molecule has 5 nitrogen and oxygen atoms in total. The van der Waals surface area contributed by atoms with E-state index in [9.17, 15) is 4.79 Å². The van der Waals surface area contributed by atoms with Crippen LogP contribution in [0.15, 0.2) is 0 Å². The molecule has 5 heteroatoms. The minimum absolute atomic E-state index is 0. The van der Waals surface area contributed by atoms with E-state index < -0.39 is 6.16 Å². The number of ether oxygens (including phenoxy) is 1. The molecule has 0 saturated carbocycles. The molecule has 0 bridgehead atoms. The van der Waals surface area contributed by atoms with Gasteiger partial charge in [0.15, 0.2) is 6.23 Å². The number of hydrogen-bond donors (Lipinski definition) is 2. The third-order valence-corrected chi connectivity index (χ3v) is 1.62. The minimum Gasteiger partial charge on any atom is -0.450 e. The second-order valence-corrected chi connectivity index (χ2v) is 2.94. The molecule has 0 amide bonds. The first kappa shape index (κ1) is 14.7. The Balaban J connectivity index is 0. The summed E-state index contributed by atoms with van der Waals surface area (Å²) >= 11 is 0. The zero-order chi connectivity index (χ0) is 9.56. The average molecular weight is 192 g/mol. The normalized spacial score (nSPS) is 12.0. The van der Waals surface area contributed by atoms with E-state index in [0.717, 1.165) is 19.3 Å². The summed E-state index contributed by atoms with van der Waals surface area (Å²) in [4.78, 5) is 12.0. The first-order chi connectivity index (χ1) is 5.57. The fraction of sp³-hybridized carbons (Fsp3) is 0.875. The fourth-order valence-corrected chi connectivity index (χ4v) is 0.918. The summed E-state index contributed by atoms with van der Waals surface area (Å²) < 4.78 is 4.66.